The second-order valence-corrected chi connectivity index (χ2v) is 4.88. The third-order valence-electron chi connectivity index (χ3n) is 3.96. The first-order chi connectivity index (χ1) is 8.30. The highest BCUT2D eigenvalue weighted by molar-refractivity contribution is 5.10. The van der Waals surface area contributed by atoms with Gasteiger partial charge in [-0.3, -0.25) is 11.3 Å². The first-order valence-corrected chi connectivity index (χ1v) is 6.33. The van der Waals surface area contributed by atoms with Crippen molar-refractivity contribution in [3.8, 4) is 0 Å². The third-order valence-corrected chi connectivity index (χ3v) is 3.96. The van der Waals surface area contributed by atoms with Crippen LogP contribution in [-0.4, -0.2) is 18.8 Å². The average Bonchev–Trinajstić information content (AvgIpc) is 2.89. The van der Waals surface area contributed by atoms with E-state index < -0.39 is 0 Å². The Bertz CT molecular complexity index is 318. The quantitative estimate of drug-likeness (QED) is 0.608. The molecule has 0 aromatic carbocycles. The van der Waals surface area contributed by atoms with Crippen LogP contribution >= 0.6 is 0 Å². The average molecular weight is 238 g/mol. The smallest absolute Gasteiger partial charge is 0.0935 e. The van der Waals surface area contributed by atoms with Crippen LogP contribution in [0.1, 0.15) is 37.7 Å². The minimum atomic E-state index is -0.121. The fraction of sp³-hybridized carbons (Fsp3) is 0.692. The third kappa shape index (κ3) is 2.70. The minimum Gasteiger partial charge on any atom is -0.472 e. The van der Waals surface area contributed by atoms with E-state index >= 15 is 0 Å². The summed E-state index contributed by atoms with van der Waals surface area (Å²) in [5, 5.41) is 0. The fourth-order valence-corrected chi connectivity index (χ4v) is 2.89. The number of nitrogens with two attached hydrogens (primary N) is 1. The Labute approximate surface area is 102 Å². The maximum Gasteiger partial charge on any atom is 0.0935 e. The lowest BCUT2D eigenvalue weighted by atomic mass is 9.77. The van der Waals surface area contributed by atoms with Gasteiger partial charge in [-0.05, 0) is 30.9 Å². The van der Waals surface area contributed by atoms with Crippen LogP contribution in [0.3, 0.4) is 0 Å². The SMILES string of the molecule is COC1(C(Cc2ccoc2)NN)CCCCC1. The van der Waals surface area contributed by atoms with Gasteiger partial charge in [-0.15, -0.1) is 0 Å². The summed E-state index contributed by atoms with van der Waals surface area (Å²) in [6, 6.07) is 2.13. The Kier molecular flexibility index (Phi) is 4.20. The summed E-state index contributed by atoms with van der Waals surface area (Å²) in [5.41, 5.74) is 3.98. The van der Waals surface area contributed by atoms with Gasteiger partial charge in [0.05, 0.1) is 24.2 Å². The van der Waals surface area contributed by atoms with Gasteiger partial charge < -0.3 is 9.15 Å². The Hall–Kier alpha value is -0.840. The van der Waals surface area contributed by atoms with Crippen LogP contribution in [0.25, 0.3) is 0 Å². The normalized spacial score (nSPS) is 21.3. The van der Waals surface area contributed by atoms with Crippen LogP contribution in [0.15, 0.2) is 23.0 Å². The van der Waals surface area contributed by atoms with Gasteiger partial charge in [-0.1, -0.05) is 19.3 Å². The van der Waals surface area contributed by atoms with E-state index in [9.17, 15) is 0 Å². The second-order valence-electron chi connectivity index (χ2n) is 4.88. The molecule has 2 rings (SSSR count). The number of furan rings is 1. The standard InChI is InChI=1S/C13H22N2O2/c1-16-13(6-3-2-4-7-13)12(15-14)9-11-5-8-17-10-11/h5,8,10,12,15H,2-4,6-7,9,14H2,1H3. The monoisotopic (exact) mass is 238 g/mol. The lowest BCUT2D eigenvalue weighted by Crippen LogP contribution is -2.56. The number of methoxy groups -OCH3 is 1. The predicted molar refractivity (Wildman–Crippen MR) is 66.3 cm³/mol. The fourth-order valence-electron chi connectivity index (χ4n) is 2.89. The molecular weight excluding hydrogens is 216 g/mol. The van der Waals surface area contributed by atoms with Crippen molar-refractivity contribution in [2.45, 2.75) is 50.2 Å². The molecule has 0 amide bonds. The molecule has 1 aromatic heterocycles. The number of rotatable bonds is 5. The molecule has 0 radical (unpaired) electrons. The number of ether oxygens (including phenoxy) is 1. The van der Waals surface area contributed by atoms with Crippen molar-refractivity contribution in [2.75, 3.05) is 7.11 Å². The van der Waals surface area contributed by atoms with Crippen molar-refractivity contribution in [1.29, 1.82) is 0 Å². The van der Waals surface area contributed by atoms with E-state index in [0.717, 1.165) is 24.8 Å². The molecule has 0 bridgehead atoms. The highest BCUT2D eigenvalue weighted by Crippen LogP contribution is 2.35. The summed E-state index contributed by atoms with van der Waals surface area (Å²) in [6.45, 7) is 0. The maximum absolute atomic E-state index is 5.81. The zero-order valence-electron chi connectivity index (χ0n) is 10.4. The molecule has 1 aliphatic carbocycles. The van der Waals surface area contributed by atoms with Gasteiger partial charge in [-0.25, -0.2) is 0 Å². The Balaban J connectivity index is 2.09. The van der Waals surface area contributed by atoms with Gasteiger partial charge in [-0.2, -0.15) is 0 Å². The van der Waals surface area contributed by atoms with Crippen LogP contribution < -0.4 is 11.3 Å². The van der Waals surface area contributed by atoms with E-state index in [-0.39, 0.29) is 11.6 Å². The minimum absolute atomic E-state index is 0.121. The van der Waals surface area contributed by atoms with Crippen LogP contribution in [0.5, 0.6) is 0 Å². The van der Waals surface area contributed by atoms with E-state index in [4.69, 9.17) is 15.0 Å². The largest absolute Gasteiger partial charge is 0.472 e. The van der Waals surface area contributed by atoms with E-state index in [1.165, 1.54) is 19.3 Å². The zero-order valence-corrected chi connectivity index (χ0v) is 10.4. The van der Waals surface area contributed by atoms with E-state index in [1.54, 1.807) is 19.6 Å². The second kappa shape index (κ2) is 5.67. The molecule has 1 fully saturated rings. The number of nitrogens with one attached hydrogen (secondary N) is 1. The van der Waals surface area contributed by atoms with Gasteiger partial charge >= 0.3 is 0 Å². The molecule has 17 heavy (non-hydrogen) atoms. The van der Waals surface area contributed by atoms with Crippen molar-refractivity contribution in [1.82, 2.24) is 5.43 Å². The van der Waals surface area contributed by atoms with Crippen molar-refractivity contribution in [3.63, 3.8) is 0 Å². The summed E-state index contributed by atoms with van der Waals surface area (Å²) in [5.74, 6) is 5.72. The van der Waals surface area contributed by atoms with Crippen LogP contribution in [0, 0.1) is 0 Å². The molecule has 0 spiro atoms. The molecule has 3 N–H and O–H groups in total. The highest BCUT2D eigenvalue weighted by atomic mass is 16.5. The molecule has 1 unspecified atom stereocenters. The summed E-state index contributed by atoms with van der Waals surface area (Å²) < 4.78 is 10.9. The molecule has 4 nitrogen and oxygen atoms in total. The highest BCUT2D eigenvalue weighted by Gasteiger charge is 2.39. The molecule has 1 saturated carbocycles. The Morgan fingerprint density at radius 3 is 2.76 bits per heavy atom. The molecule has 1 aromatic rings. The molecule has 1 heterocycles. The summed E-state index contributed by atoms with van der Waals surface area (Å²) >= 11 is 0. The van der Waals surface area contributed by atoms with Crippen molar-refractivity contribution >= 4 is 0 Å². The van der Waals surface area contributed by atoms with Gasteiger partial charge in [0.25, 0.3) is 0 Å². The summed E-state index contributed by atoms with van der Waals surface area (Å²) in [7, 11) is 1.80. The molecule has 0 saturated heterocycles. The number of hydrogen-bond donors (Lipinski definition) is 2. The molecule has 96 valence electrons. The van der Waals surface area contributed by atoms with Crippen LogP contribution in [0.4, 0.5) is 0 Å². The first-order valence-electron chi connectivity index (χ1n) is 6.33. The van der Waals surface area contributed by atoms with Crippen molar-refractivity contribution in [2.24, 2.45) is 5.84 Å². The predicted octanol–water partition coefficient (Wildman–Crippen LogP) is 2.00. The Morgan fingerprint density at radius 1 is 1.47 bits per heavy atom. The molecule has 1 aliphatic rings. The first kappa shape index (κ1) is 12.6. The zero-order chi connectivity index (χ0) is 12.1. The molecule has 1 atom stereocenters. The van der Waals surface area contributed by atoms with E-state index in [1.807, 2.05) is 6.07 Å². The van der Waals surface area contributed by atoms with Crippen LogP contribution in [-0.2, 0) is 11.2 Å². The lowest BCUT2D eigenvalue weighted by molar-refractivity contribution is -0.0674. The van der Waals surface area contributed by atoms with Gasteiger partial charge in [0.15, 0.2) is 0 Å². The molecular formula is C13H22N2O2. The number of hydrazine groups is 1. The van der Waals surface area contributed by atoms with E-state index in [2.05, 4.69) is 5.43 Å². The van der Waals surface area contributed by atoms with E-state index in [0.29, 0.717) is 0 Å². The van der Waals surface area contributed by atoms with Gasteiger partial charge in [0.2, 0.25) is 0 Å². The summed E-state index contributed by atoms with van der Waals surface area (Å²) in [6.07, 6.45) is 10.2. The van der Waals surface area contributed by atoms with Crippen molar-refractivity contribution in [3.05, 3.63) is 24.2 Å². The maximum atomic E-state index is 5.81. The number of hydrogen-bond acceptors (Lipinski definition) is 4. The molecule has 0 aliphatic heterocycles. The van der Waals surface area contributed by atoms with Gasteiger partial charge in [0.1, 0.15) is 0 Å². The summed E-state index contributed by atoms with van der Waals surface area (Å²) in [4.78, 5) is 0. The lowest BCUT2D eigenvalue weighted by Gasteiger charge is -2.42. The topological polar surface area (TPSA) is 60.4 Å². The molecule has 4 heteroatoms. The van der Waals surface area contributed by atoms with Crippen LogP contribution in [0.2, 0.25) is 0 Å². The van der Waals surface area contributed by atoms with Gasteiger partial charge in [0, 0.05) is 7.11 Å². The van der Waals surface area contributed by atoms with Crippen molar-refractivity contribution < 1.29 is 9.15 Å². The Morgan fingerprint density at radius 2 is 2.24 bits per heavy atom.